The SMILES string of the molecule is Cc1ccc(Cl)cc1-n1ccn2c(SCc3ccccc3F)nnc2c1=O. The van der Waals surface area contributed by atoms with Crippen molar-refractivity contribution in [3.05, 3.63) is 87.2 Å². The molecule has 0 unspecified atom stereocenters. The lowest BCUT2D eigenvalue weighted by Gasteiger charge is -2.10. The van der Waals surface area contributed by atoms with Gasteiger partial charge >= 0.3 is 5.56 Å². The molecule has 0 aliphatic heterocycles. The Morgan fingerprint density at radius 3 is 2.78 bits per heavy atom. The fourth-order valence-corrected chi connectivity index (χ4v) is 3.82. The van der Waals surface area contributed by atoms with E-state index < -0.39 is 0 Å². The molecule has 0 radical (unpaired) electrons. The largest absolute Gasteiger partial charge is 0.300 e. The molecule has 0 saturated carbocycles. The zero-order chi connectivity index (χ0) is 19.0. The van der Waals surface area contributed by atoms with E-state index in [1.807, 2.05) is 13.0 Å². The fraction of sp³-hybridized carbons (Fsp3) is 0.105. The molecule has 2 aromatic heterocycles. The maximum absolute atomic E-state index is 13.8. The lowest BCUT2D eigenvalue weighted by Crippen LogP contribution is -2.21. The molecule has 0 amide bonds. The third kappa shape index (κ3) is 3.36. The van der Waals surface area contributed by atoms with E-state index in [4.69, 9.17) is 11.6 Å². The molecular formula is C19H14ClFN4OS. The zero-order valence-electron chi connectivity index (χ0n) is 14.3. The third-order valence-electron chi connectivity index (χ3n) is 4.18. The van der Waals surface area contributed by atoms with E-state index in [-0.39, 0.29) is 17.0 Å². The minimum Gasteiger partial charge on any atom is -0.279 e. The maximum atomic E-state index is 13.8. The van der Waals surface area contributed by atoms with E-state index in [0.29, 0.717) is 27.2 Å². The second-order valence-corrected chi connectivity index (χ2v) is 7.34. The Labute approximate surface area is 163 Å². The van der Waals surface area contributed by atoms with Crippen molar-refractivity contribution in [3.8, 4) is 5.69 Å². The van der Waals surface area contributed by atoms with Gasteiger partial charge in [0.05, 0.1) is 5.69 Å². The number of thioether (sulfide) groups is 1. The van der Waals surface area contributed by atoms with Gasteiger partial charge in [0.2, 0.25) is 5.65 Å². The van der Waals surface area contributed by atoms with Gasteiger partial charge in [-0.2, -0.15) is 0 Å². The number of benzene rings is 2. The summed E-state index contributed by atoms with van der Waals surface area (Å²) in [6.07, 6.45) is 3.38. The average Bonchev–Trinajstić information content (AvgIpc) is 3.08. The smallest absolute Gasteiger partial charge is 0.279 e. The van der Waals surface area contributed by atoms with Crippen molar-refractivity contribution < 1.29 is 4.39 Å². The Morgan fingerprint density at radius 1 is 1.15 bits per heavy atom. The van der Waals surface area contributed by atoms with E-state index in [1.165, 1.54) is 22.4 Å². The van der Waals surface area contributed by atoms with Crippen LogP contribution in [0.15, 0.2) is 64.8 Å². The van der Waals surface area contributed by atoms with E-state index >= 15 is 0 Å². The molecule has 0 aliphatic rings. The maximum Gasteiger partial charge on any atom is 0.300 e. The van der Waals surface area contributed by atoms with Crippen molar-refractivity contribution in [2.24, 2.45) is 0 Å². The molecule has 0 spiro atoms. The molecule has 2 heterocycles. The number of aromatic nitrogens is 4. The Bertz CT molecular complexity index is 1200. The molecule has 0 bridgehead atoms. The second kappa shape index (κ2) is 7.17. The molecule has 4 aromatic rings. The number of nitrogens with zero attached hydrogens (tertiary/aromatic N) is 4. The van der Waals surface area contributed by atoms with Gasteiger partial charge in [-0.15, -0.1) is 10.2 Å². The number of rotatable bonds is 4. The predicted molar refractivity (Wildman–Crippen MR) is 104 cm³/mol. The Morgan fingerprint density at radius 2 is 1.96 bits per heavy atom. The molecule has 136 valence electrons. The van der Waals surface area contributed by atoms with Crippen LogP contribution < -0.4 is 5.56 Å². The van der Waals surface area contributed by atoms with E-state index in [2.05, 4.69) is 10.2 Å². The van der Waals surface area contributed by atoms with Crippen LogP contribution in [-0.2, 0) is 5.75 Å². The summed E-state index contributed by atoms with van der Waals surface area (Å²) < 4.78 is 16.9. The van der Waals surface area contributed by atoms with Crippen LogP contribution >= 0.6 is 23.4 Å². The van der Waals surface area contributed by atoms with Crippen molar-refractivity contribution in [2.75, 3.05) is 0 Å². The number of aryl methyl sites for hydroxylation is 1. The van der Waals surface area contributed by atoms with Gasteiger partial charge < -0.3 is 0 Å². The van der Waals surface area contributed by atoms with Gasteiger partial charge in [-0.05, 0) is 36.2 Å². The summed E-state index contributed by atoms with van der Waals surface area (Å²) in [5, 5.41) is 9.19. The standard InChI is InChI=1S/C19H14ClFN4OS/c1-12-6-7-14(20)10-16(12)24-8-9-25-17(18(24)26)22-23-19(25)27-11-13-4-2-3-5-15(13)21/h2-10H,11H2,1H3. The van der Waals surface area contributed by atoms with Gasteiger partial charge in [0.25, 0.3) is 0 Å². The average molecular weight is 401 g/mol. The Kier molecular flexibility index (Phi) is 4.72. The van der Waals surface area contributed by atoms with Gasteiger partial charge in [-0.1, -0.05) is 47.6 Å². The number of fused-ring (bicyclic) bond motifs is 1. The van der Waals surface area contributed by atoms with Crippen LogP contribution in [0.25, 0.3) is 11.3 Å². The highest BCUT2D eigenvalue weighted by Crippen LogP contribution is 2.23. The van der Waals surface area contributed by atoms with Crippen LogP contribution in [0.1, 0.15) is 11.1 Å². The van der Waals surface area contributed by atoms with E-state index in [9.17, 15) is 9.18 Å². The minimum absolute atomic E-state index is 0.202. The zero-order valence-corrected chi connectivity index (χ0v) is 15.8. The monoisotopic (exact) mass is 400 g/mol. The summed E-state index contributed by atoms with van der Waals surface area (Å²) in [5.74, 6) is 0.127. The van der Waals surface area contributed by atoms with Crippen LogP contribution in [-0.4, -0.2) is 19.2 Å². The molecule has 0 fully saturated rings. The first-order valence-electron chi connectivity index (χ1n) is 8.14. The second-order valence-electron chi connectivity index (χ2n) is 5.96. The van der Waals surface area contributed by atoms with Crippen LogP contribution in [0, 0.1) is 12.7 Å². The molecule has 0 N–H and O–H groups in total. The van der Waals surface area contributed by atoms with Gasteiger partial charge in [0.15, 0.2) is 5.16 Å². The summed E-state index contributed by atoms with van der Waals surface area (Å²) in [6, 6.07) is 11.9. The van der Waals surface area contributed by atoms with Crippen LogP contribution in [0.5, 0.6) is 0 Å². The minimum atomic E-state index is -0.298. The van der Waals surface area contributed by atoms with Crippen molar-refractivity contribution in [1.29, 1.82) is 0 Å². The predicted octanol–water partition coefficient (Wildman–Crippen LogP) is 4.27. The first-order valence-corrected chi connectivity index (χ1v) is 9.50. The molecule has 5 nitrogen and oxygen atoms in total. The summed E-state index contributed by atoms with van der Waals surface area (Å²) in [7, 11) is 0. The number of hydrogen-bond donors (Lipinski definition) is 0. The van der Waals surface area contributed by atoms with Crippen molar-refractivity contribution in [3.63, 3.8) is 0 Å². The van der Waals surface area contributed by atoms with E-state index in [1.54, 1.807) is 47.1 Å². The lowest BCUT2D eigenvalue weighted by atomic mass is 10.2. The van der Waals surface area contributed by atoms with Crippen molar-refractivity contribution in [2.45, 2.75) is 17.8 Å². The molecular weight excluding hydrogens is 387 g/mol. The quantitative estimate of drug-likeness (QED) is 0.480. The van der Waals surface area contributed by atoms with Crippen molar-refractivity contribution in [1.82, 2.24) is 19.2 Å². The number of halogens is 2. The molecule has 27 heavy (non-hydrogen) atoms. The third-order valence-corrected chi connectivity index (χ3v) is 5.41. The van der Waals surface area contributed by atoms with Crippen LogP contribution in [0.2, 0.25) is 5.02 Å². The fourth-order valence-electron chi connectivity index (χ4n) is 2.75. The van der Waals surface area contributed by atoms with Crippen molar-refractivity contribution >= 4 is 29.0 Å². The Hall–Kier alpha value is -2.64. The van der Waals surface area contributed by atoms with E-state index in [0.717, 1.165) is 5.56 Å². The molecule has 2 aromatic carbocycles. The lowest BCUT2D eigenvalue weighted by molar-refractivity contribution is 0.617. The topological polar surface area (TPSA) is 52.2 Å². The van der Waals surface area contributed by atoms with Crippen LogP contribution in [0.4, 0.5) is 4.39 Å². The highest BCUT2D eigenvalue weighted by atomic mass is 35.5. The highest BCUT2D eigenvalue weighted by Gasteiger charge is 2.14. The molecule has 0 aliphatic carbocycles. The summed E-state index contributed by atoms with van der Waals surface area (Å²) in [5.41, 5.74) is 2.08. The molecule has 0 saturated heterocycles. The normalized spacial score (nSPS) is 11.2. The van der Waals surface area contributed by atoms with Gasteiger partial charge in [0, 0.05) is 23.2 Å². The highest BCUT2D eigenvalue weighted by molar-refractivity contribution is 7.98. The molecule has 8 heteroatoms. The van der Waals surface area contributed by atoms with Gasteiger partial charge in [-0.3, -0.25) is 13.8 Å². The van der Waals surface area contributed by atoms with Crippen LogP contribution in [0.3, 0.4) is 0 Å². The van der Waals surface area contributed by atoms with Gasteiger partial charge in [-0.25, -0.2) is 4.39 Å². The number of hydrogen-bond acceptors (Lipinski definition) is 4. The van der Waals surface area contributed by atoms with Gasteiger partial charge in [0.1, 0.15) is 5.82 Å². The first-order chi connectivity index (χ1) is 13.0. The summed E-state index contributed by atoms with van der Waals surface area (Å²) in [4.78, 5) is 12.9. The summed E-state index contributed by atoms with van der Waals surface area (Å²) in [6.45, 7) is 1.90. The molecule has 0 atom stereocenters. The summed E-state index contributed by atoms with van der Waals surface area (Å²) >= 11 is 7.39. The first kappa shape index (κ1) is 17.8. The molecule has 4 rings (SSSR count). The Balaban J connectivity index is 1.71.